The van der Waals surface area contributed by atoms with E-state index in [-0.39, 0.29) is 11.7 Å². The average molecular weight is 340 g/mol. The molecule has 0 bridgehead atoms. The van der Waals surface area contributed by atoms with Crippen molar-refractivity contribution in [3.8, 4) is 11.5 Å². The van der Waals surface area contributed by atoms with E-state index in [4.69, 9.17) is 4.42 Å². The zero-order valence-electron chi connectivity index (χ0n) is 13.1. The molecule has 24 heavy (non-hydrogen) atoms. The predicted molar refractivity (Wildman–Crippen MR) is 91.3 cm³/mol. The van der Waals surface area contributed by atoms with Crippen LogP contribution in [0, 0.1) is 6.92 Å². The molecule has 1 aromatic carbocycles. The number of thioether (sulfide) groups is 1. The molecule has 0 atom stereocenters. The van der Waals surface area contributed by atoms with E-state index < -0.39 is 0 Å². The normalized spacial score (nSPS) is 10.5. The molecular formula is C17H16N4O2S. The van der Waals surface area contributed by atoms with Crippen LogP contribution in [-0.2, 0) is 11.3 Å². The summed E-state index contributed by atoms with van der Waals surface area (Å²) >= 11 is 1.21. The summed E-state index contributed by atoms with van der Waals surface area (Å²) in [5, 5.41) is 11.1. The molecule has 2 aromatic heterocycles. The molecule has 0 aliphatic rings. The van der Waals surface area contributed by atoms with Gasteiger partial charge in [-0.05, 0) is 24.6 Å². The zero-order valence-corrected chi connectivity index (χ0v) is 13.9. The highest BCUT2D eigenvalue weighted by Gasteiger charge is 2.11. The molecule has 3 rings (SSSR count). The molecule has 0 aliphatic carbocycles. The van der Waals surface area contributed by atoms with Gasteiger partial charge in [0.15, 0.2) is 0 Å². The molecule has 0 saturated heterocycles. The lowest BCUT2D eigenvalue weighted by Gasteiger charge is -2.04. The van der Waals surface area contributed by atoms with Crippen LogP contribution in [0.2, 0.25) is 0 Å². The van der Waals surface area contributed by atoms with Gasteiger partial charge in [-0.2, -0.15) is 0 Å². The summed E-state index contributed by atoms with van der Waals surface area (Å²) in [6.07, 6.45) is 3.32. The first-order valence-corrected chi connectivity index (χ1v) is 8.38. The number of nitrogens with zero attached hydrogens (tertiary/aromatic N) is 3. The number of carbonyl (C=O) groups is 1. The van der Waals surface area contributed by atoms with E-state index in [1.54, 1.807) is 18.5 Å². The van der Waals surface area contributed by atoms with Gasteiger partial charge in [0.1, 0.15) is 0 Å². The fraction of sp³-hybridized carbons (Fsp3) is 0.176. The Hall–Kier alpha value is -2.67. The van der Waals surface area contributed by atoms with Crippen LogP contribution < -0.4 is 5.32 Å². The lowest BCUT2D eigenvalue weighted by molar-refractivity contribution is -0.118. The number of rotatable bonds is 6. The molecule has 0 aliphatic heterocycles. The summed E-state index contributed by atoms with van der Waals surface area (Å²) in [5.74, 6) is 0.535. The average Bonchev–Trinajstić information content (AvgIpc) is 3.09. The summed E-state index contributed by atoms with van der Waals surface area (Å²) in [5.41, 5.74) is 3.01. The highest BCUT2D eigenvalue weighted by Crippen LogP contribution is 2.22. The molecule has 1 N–H and O–H groups in total. The molecule has 0 unspecified atom stereocenters. The lowest BCUT2D eigenvalue weighted by atomic mass is 10.1. The van der Waals surface area contributed by atoms with Crippen molar-refractivity contribution in [3.05, 3.63) is 59.9 Å². The van der Waals surface area contributed by atoms with E-state index in [1.807, 2.05) is 37.3 Å². The third-order valence-electron chi connectivity index (χ3n) is 3.25. The van der Waals surface area contributed by atoms with Gasteiger partial charge in [0.25, 0.3) is 5.22 Å². The maximum Gasteiger partial charge on any atom is 0.277 e. The van der Waals surface area contributed by atoms with E-state index in [0.717, 1.165) is 11.1 Å². The molecular weight excluding hydrogens is 324 g/mol. The van der Waals surface area contributed by atoms with Gasteiger partial charge in [-0.25, -0.2) is 0 Å². The number of hydrogen-bond donors (Lipinski definition) is 1. The number of amides is 1. The second-order valence-electron chi connectivity index (χ2n) is 5.17. The highest BCUT2D eigenvalue weighted by molar-refractivity contribution is 7.99. The van der Waals surface area contributed by atoms with Crippen LogP contribution in [0.25, 0.3) is 11.5 Å². The minimum Gasteiger partial charge on any atom is -0.411 e. The maximum atomic E-state index is 11.9. The van der Waals surface area contributed by atoms with Gasteiger partial charge in [-0.1, -0.05) is 41.6 Å². The summed E-state index contributed by atoms with van der Waals surface area (Å²) in [6.45, 7) is 2.54. The van der Waals surface area contributed by atoms with Crippen molar-refractivity contribution in [2.24, 2.45) is 0 Å². The van der Waals surface area contributed by atoms with Gasteiger partial charge in [0.05, 0.1) is 11.3 Å². The molecule has 0 radical (unpaired) electrons. The molecule has 2 heterocycles. The van der Waals surface area contributed by atoms with Crippen molar-refractivity contribution in [2.75, 3.05) is 5.75 Å². The van der Waals surface area contributed by atoms with Crippen molar-refractivity contribution in [1.29, 1.82) is 0 Å². The van der Waals surface area contributed by atoms with E-state index in [0.29, 0.717) is 17.7 Å². The van der Waals surface area contributed by atoms with E-state index in [2.05, 4.69) is 20.5 Å². The highest BCUT2D eigenvalue weighted by atomic mass is 32.2. The topological polar surface area (TPSA) is 80.9 Å². The number of aryl methyl sites for hydroxylation is 1. The summed E-state index contributed by atoms with van der Waals surface area (Å²) in [6, 6.07) is 11.7. The smallest absolute Gasteiger partial charge is 0.277 e. The van der Waals surface area contributed by atoms with Crippen LogP contribution in [0.4, 0.5) is 0 Å². The van der Waals surface area contributed by atoms with Gasteiger partial charge in [-0.3, -0.25) is 9.78 Å². The quantitative estimate of drug-likeness (QED) is 0.695. The van der Waals surface area contributed by atoms with Crippen molar-refractivity contribution < 1.29 is 9.21 Å². The first-order valence-electron chi connectivity index (χ1n) is 7.39. The number of carbonyl (C=O) groups excluding carboxylic acids is 1. The molecule has 7 heteroatoms. The molecule has 122 valence electrons. The largest absolute Gasteiger partial charge is 0.411 e. The molecule has 0 fully saturated rings. The van der Waals surface area contributed by atoms with Crippen LogP contribution >= 0.6 is 11.8 Å². The minimum absolute atomic E-state index is 0.0818. The lowest BCUT2D eigenvalue weighted by Crippen LogP contribution is -2.24. The minimum atomic E-state index is -0.0818. The third-order valence-corrected chi connectivity index (χ3v) is 4.07. The number of benzene rings is 1. The fourth-order valence-electron chi connectivity index (χ4n) is 1.96. The second-order valence-corrected chi connectivity index (χ2v) is 6.09. The Morgan fingerprint density at radius 2 is 2.04 bits per heavy atom. The maximum absolute atomic E-state index is 11.9. The molecule has 0 spiro atoms. The van der Waals surface area contributed by atoms with Crippen LogP contribution in [0.1, 0.15) is 11.1 Å². The van der Waals surface area contributed by atoms with Gasteiger partial charge in [0, 0.05) is 18.9 Å². The van der Waals surface area contributed by atoms with Gasteiger partial charge in [0.2, 0.25) is 11.8 Å². The Kier molecular flexibility index (Phi) is 5.22. The number of pyridine rings is 1. The number of nitrogens with one attached hydrogen (secondary N) is 1. The van der Waals surface area contributed by atoms with Crippen LogP contribution in [0.5, 0.6) is 0 Å². The zero-order chi connectivity index (χ0) is 16.8. The Balaban J connectivity index is 1.48. The monoisotopic (exact) mass is 340 g/mol. The molecule has 1 amide bonds. The van der Waals surface area contributed by atoms with E-state index >= 15 is 0 Å². The third kappa shape index (κ3) is 4.42. The van der Waals surface area contributed by atoms with E-state index in [9.17, 15) is 4.79 Å². The van der Waals surface area contributed by atoms with Crippen molar-refractivity contribution in [1.82, 2.24) is 20.5 Å². The fourth-order valence-corrected chi connectivity index (χ4v) is 2.55. The predicted octanol–water partition coefficient (Wildman–Crippen LogP) is 2.85. The summed E-state index contributed by atoms with van der Waals surface area (Å²) in [4.78, 5) is 15.9. The van der Waals surface area contributed by atoms with Gasteiger partial charge >= 0.3 is 0 Å². The van der Waals surface area contributed by atoms with Crippen LogP contribution in [0.15, 0.2) is 58.4 Å². The number of hydrogen-bond acceptors (Lipinski definition) is 6. The SMILES string of the molecule is Cc1ccc(CNC(=O)CSc2nnc(-c3cccnc3)o2)cc1. The van der Waals surface area contributed by atoms with Crippen molar-refractivity contribution in [3.63, 3.8) is 0 Å². The van der Waals surface area contributed by atoms with Gasteiger partial charge < -0.3 is 9.73 Å². The first-order chi connectivity index (χ1) is 11.7. The van der Waals surface area contributed by atoms with Crippen LogP contribution in [0.3, 0.4) is 0 Å². The Bertz CT molecular complexity index is 803. The molecule has 3 aromatic rings. The second kappa shape index (κ2) is 7.74. The van der Waals surface area contributed by atoms with Crippen molar-refractivity contribution >= 4 is 17.7 Å². The summed E-state index contributed by atoms with van der Waals surface area (Å²) in [7, 11) is 0. The summed E-state index contributed by atoms with van der Waals surface area (Å²) < 4.78 is 5.52. The number of aromatic nitrogens is 3. The molecule has 0 saturated carbocycles. The van der Waals surface area contributed by atoms with E-state index in [1.165, 1.54) is 17.3 Å². The Morgan fingerprint density at radius 3 is 2.79 bits per heavy atom. The standard InChI is InChI=1S/C17H16N4O2S/c1-12-4-6-13(7-5-12)9-19-15(22)11-24-17-21-20-16(23-17)14-3-2-8-18-10-14/h2-8,10H,9,11H2,1H3,(H,19,22). The Labute approximate surface area is 143 Å². The molecule has 6 nitrogen and oxygen atoms in total. The van der Waals surface area contributed by atoms with Crippen LogP contribution in [-0.4, -0.2) is 26.8 Å². The Morgan fingerprint density at radius 1 is 1.21 bits per heavy atom. The van der Waals surface area contributed by atoms with Gasteiger partial charge in [-0.15, -0.1) is 10.2 Å². The van der Waals surface area contributed by atoms with Crippen molar-refractivity contribution in [2.45, 2.75) is 18.7 Å². The first kappa shape index (κ1) is 16.2.